The third kappa shape index (κ3) is 3.40. The Morgan fingerprint density at radius 3 is 2.80 bits per heavy atom. The number of carbonyl (C=O) groups excluding carboxylic acids is 1. The Bertz CT molecular complexity index is 365. The zero-order chi connectivity index (χ0) is 11.5. The molecule has 0 fully saturated rings. The second kappa shape index (κ2) is 4.49. The summed E-state index contributed by atoms with van der Waals surface area (Å²) in [4.78, 5) is 15.6. The molecule has 0 unspecified atom stereocenters. The number of nitrogens with one attached hydrogen (secondary N) is 1. The van der Waals surface area contributed by atoms with Gasteiger partial charge in [-0.1, -0.05) is 6.07 Å². The van der Waals surface area contributed by atoms with Gasteiger partial charge in [-0.05, 0) is 26.0 Å². The summed E-state index contributed by atoms with van der Waals surface area (Å²) in [5.41, 5.74) is 5.32. The number of nitrogens with zero attached hydrogens (tertiary/aromatic N) is 1. The summed E-state index contributed by atoms with van der Waals surface area (Å²) in [6, 6.07) is 4.92. The van der Waals surface area contributed by atoms with Crippen LogP contribution in [0.3, 0.4) is 0 Å². The zero-order valence-electron chi connectivity index (χ0n) is 8.75. The molecule has 82 valence electrons. The molecule has 0 aromatic carbocycles. The normalized spacial score (nSPS) is 11.1. The van der Waals surface area contributed by atoms with E-state index in [0.29, 0.717) is 17.4 Å². The SMILES string of the molecule is CC(C)(CCl)NC(=O)c1cccc(N)n1. The fraction of sp³-hybridized carbons (Fsp3) is 0.400. The minimum absolute atomic E-state index is 0.270. The van der Waals surface area contributed by atoms with Gasteiger partial charge >= 0.3 is 0 Å². The van der Waals surface area contributed by atoms with Crippen LogP contribution in [-0.2, 0) is 0 Å². The standard InChI is InChI=1S/C10H14ClN3O/c1-10(2,6-11)14-9(15)7-4-3-5-8(12)13-7/h3-5H,6H2,1-2H3,(H2,12,13)(H,14,15). The van der Waals surface area contributed by atoms with Crippen molar-refractivity contribution in [2.45, 2.75) is 19.4 Å². The van der Waals surface area contributed by atoms with Gasteiger partial charge in [-0.25, -0.2) is 4.98 Å². The summed E-state index contributed by atoms with van der Waals surface area (Å²) >= 11 is 5.70. The highest BCUT2D eigenvalue weighted by Gasteiger charge is 2.20. The average molecular weight is 228 g/mol. The van der Waals surface area contributed by atoms with Gasteiger partial charge in [0, 0.05) is 11.4 Å². The number of hydrogen-bond donors (Lipinski definition) is 2. The van der Waals surface area contributed by atoms with Crippen LogP contribution in [0.15, 0.2) is 18.2 Å². The lowest BCUT2D eigenvalue weighted by Crippen LogP contribution is -2.45. The Hall–Kier alpha value is -1.29. The lowest BCUT2D eigenvalue weighted by Gasteiger charge is -2.22. The van der Waals surface area contributed by atoms with E-state index >= 15 is 0 Å². The molecule has 1 heterocycles. The maximum Gasteiger partial charge on any atom is 0.270 e. The molecule has 0 bridgehead atoms. The molecular weight excluding hydrogens is 214 g/mol. The summed E-state index contributed by atoms with van der Waals surface area (Å²) in [5.74, 6) is 0.389. The van der Waals surface area contributed by atoms with E-state index < -0.39 is 5.54 Å². The van der Waals surface area contributed by atoms with Crippen molar-refractivity contribution in [3.63, 3.8) is 0 Å². The number of hydrogen-bond acceptors (Lipinski definition) is 3. The van der Waals surface area contributed by atoms with Gasteiger partial charge in [-0.3, -0.25) is 4.79 Å². The molecule has 5 heteroatoms. The second-order valence-electron chi connectivity index (χ2n) is 3.92. The first-order valence-corrected chi connectivity index (χ1v) is 5.09. The van der Waals surface area contributed by atoms with E-state index in [2.05, 4.69) is 10.3 Å². The fourth-order valence-electron chi connectivity index (χ4n) is 0.983. The Kier molecular flexibility index (Phi) is 3.52. The zero-order valence-corrected chi connectivity index (χ0v) is 9.51. The van der Waals surface area contributed by atoms with Crippen molar-refractivity contribution in [2.75, 3.05) is 11.6 Å². The molecular formula is C10H14ClN3O. The van der Waals surface area contributed by atoms with Crippen LogP contribution in [-0.4, -0.2) is 22.3 Å². The van der Waals surface area contributed by atoms with Gasteiger partial charge in [-0.2, -0.15) is 0 Å². The first-order valence-electron chi connectivity index (χ1n) is 4.55. The molecule has 0 atom stereocenters. The maximum atomic E-state index is 11.7. The molecule has 0 aliphatic carbocycles. The highest BCUT2D eigenvalue weighted by Crippen LogP contribution is 2.07. The Morgan fingerprint density at radius 1 is 1.60 bits per heavy atom. The number of pyridine rings is 1. The molecule has 0 spiro atoms. The second-order valence-corrected chi connectivity index (χ2v) is 4.19. The van der Waals surface area contributed by atoms with Crippen LogP contribution >= 0.6 is 11.6 Å². The van der Waals surface area contributed by atoms with Gasteiger partial charge in [0.25, 0.3) is 5.91 Å². The van der Waals surface area contributed by atoms with Gasteiger partial charge in [0.05, 0.1) is 0 Å². The number of nitrogen functional groups attached to an aromatic ring is 1. The summed E-state index contributed by atoms with van der Waals surface area (Å²) in [7, 11) is 0. The largest absolute Gasteiger partial charge is 0.384 e. The minimum atomic E-state index is -0.453. The topological polar surface area (TPSA) is 68.0 Å². The van der Waals surface area contributed by atoms with Gasteiger partial charge in [-0.15, -0.1) is 11.6 Å². The van der Waals surface area contributed by atoms with Gasteiger partial charge in [0.1, 0.15) is 11.5 Å². The van der Waals surface area contributed by atoms with E-state index in [1.54, 1.807) is 18.2 Å². The molecule has 0 aliphatic heterocycles. The monoisotopic (exact) mass is 227 g/mol. The van der Waals surface area contributed by atoms with Crippen LogP contribution in [0.2, 0.25) is 0 Å². The van der Waals surface area contributed by atoms with Crippen LogP contribution in [0.5, 0.6) is 0 Å². The van der Waals surface area contributed by atoms with Crippen molar-refractivity contribution in [3.8, 4) is 0 Å². The van der Waals surface area contributed by atoms with Crippen molar-refractivity contribution < 1.29 is 4.79 Å². The van der Waals surface area contributed by atoms with E-state index in [9.17, 15) is 4.79 Å². The highest BCUT2D eigenvalue weighted by molar-refractivity contribution is 6.18. The number of alkyl halides is 1. The number of halogens is 1. The number of anilines is 1. The minimum Gasteiger partial charge on any atom is -0.384 e. The molecule has 0 saturated carbocycles. The third-order valence-corrected chi connectivity index (χ3v) is 2.46. The Morgan fingerprint density at radius 2 is 2.27 bits per heavy atom. The lowest BCUT2D eigenvalue weighted by atomic mass is 10.1. The predicted molar refractivity (Wildman–Crippen MR) is 60.9 cm³/mol. The van der Waals surface area contributed by atoms with Crippen LogP contribution in [0, 0.1) is 0 Å². The average Bonchev–Trinajstić information content (AvgIpc) is 2.17. The number of rotatable bonds is 3. The van der Waals surface area contributed by atoms with Crippen molar-refractivity contribution in [1.82, 2.24) is 10.3 Å². The van der Waals surface area contributed by atoms with Crippen molar-refractivity contribution in [3.05, 3.63) is 23.9 Å². The maximum absolute atomic E-state index is 11.7. The van der Waals surface area contributed by atoms with Crippen molar-refractivity contribution in [1.29, 1.82) is 0 Å². The fourth-order valence-corrected chi connectivity index (χ4v) is 1.05. The van der Waals surface area contributed by atoms with Crippen LogP contribution in [0.4, 0.5) is 5.82 Å². The molecule has 4 nitrogen and oxygen atoms in total. The number of carbonyl (C=O) groups is 1. The van der Waals surface area contributed by atoms with Crippen LogP contribution in [0.1, 0.15) is 24.3 Å². The predicted octanol–water partition coefficient (Wildman–Crippen LogP) is 1.41. The molecule has 1 rings (SSSR count). The summed E-state index contributed by atoms with van der Waals surface area (Å²) < 4.78 is 0. The summed E-state index contributed by atoms with van der Waals surface area (Å²) in [6.45, 7) is 3.67. The number of aromatic nitrogens is 1. The van der Waals surface area contributed by atoms with Gasteiger partial charge < -0.3 is 11.1 Å². The lowest BCUT2D eigenvalue weighted by molar-refractivity contribution is 0.0915. The van der Waals surface area contributed by atoms with E-state index in [1.165, 1.54) is 0 Å². The van der Waals surface area contributed by atoms with Crippen molar-refractivity contribution >= 4 is 23.3 Å². The Labute approximate surface area is 93.8 Å². The molecule has 3 N–H and O–H groups in total. The summed E-state index contributed by atoms with van der Waals surface area (Å²) in [5, 5.41) is 2.76. The van der Waals surface area contributed by atoms with Crippen molar-refractivity contribution in [2.24, 2.45) is 0 Å². The molecule has 0 aliphatic rings. The summed E-state index contributed by atoms with van der Waals surface area (Å²) in [6.07, 6.45) is 0. The molecule has 0 saturated heterocycles. The highest BCUT2D eigenvalue weighted by atomic mass is 35.5. The molecule has 1 aromatic rings. The van der Waals surface area contributed by atoms with Crippen LogP contribution in [0.25, 0.3) is 0 Å². The van der Waals surface area contributed by atoms with Crippen LogP contribution < -0.4 is 11.1 Å². The smallest absolute Gasteiger partial charge is 0.270 e. The Balaban J connectivity index is 2.78. The van der Waals surface area contributed by atoms with E-state index in [1.807, 2.05) is 13.8 Å². The molecule has 15 heavy (non-hydrogen) atoms. The first kappa shape index (κ1) is 11.8. The van der Waals surface area contributed by atoms with Gasteiger partial charge in [0.15, 0.2) is 0 Å². The van der Waals surface area contributed by atoms with Gasteiger partial charge in [0.2, 0.25) is 0 Å². The van der Waals surface area contributed by atoms with E-state index in [-0.39, 0.29) is 5.91 Å². The number of amides is 1. The first-order chi connectivity index (χ1) is 6.94. The number of nitrogens with two attached hydrogens (primary N) is 1. The molecule has 1 aromatic heterocycles. The molecule has 0 radical (unpaired) electrons. The van der Waals surface area contributed by atoms with E-state index in [4.69, 9.17) is 17.3 Å². The molecule has 1 amide bonds. The third-order valence-electron chi connectivity index (χ3n) is 1.79. The quantitative estimate of drug-likeness (QED) is 0.768. The van der Waals surface area contributed by atoms with E-state index in [0.717, 1.165) is 0 Å².